The molecule has 1 saturated heterocycles. The smallest absolute Gasteiger partial charge is 0.251 e. The Kier molecular flexibility index (Phi) is 3.96. The summed E-state index contributed by atoms with van der Waals surface area (Å²) in [5.74, 6) is -0.157. The van der Waals surface area contributed by atoms with Gasteiger partial charge in [0.15, 0.2) is 0 Å². The first-order valence-electron chi connectivity index (χ1n) is 6.13. The molecule has 4 nitrogen and oxygen atoms in total. The number of nitriles is 1. The molecular weight excluding hydrogens is 228 g/mol. The maximum atomic E-state index is 12.0. The van der Waals surface area contributed by atoms with Gasteiger partial charge in [-0.2, -0.15) is 5.26 Å². The van der Waals surface area contributed by atoms with Crippen LogP contribution in [0.25, 0.3) is 0 Å². The van der Waals surface area contributed by atoms with Gasteiger partial charge in [0.1, 0.15) is 0 Å². The molecule has 1 aliphatic heterocycles. The van der Waals surface area contributed by atoms with Crippen LogP contribution in [-0.4, -0.2) is 24.7 Å². The first-order valence-corrected chi connectivity index (χ1v) is 6.13. The van der Waals surface area contributed by atoms with Crippen molar-refractivity contribution < 1.29 is 9.53 Å². The molecule has 4 heteroatoms. The molecule has 2 rings (SSSR count). The van der Waals surface area contributed by atoms with Crippen molar-refractivity contribution in [1.82, 2.24) is 5.32 Å². The van der Waals surface area contributed by atoms with Gasteiger partial charge in [0.25, 0.3) is 5.91 Å². The van der Waals surface area contributed by atoms with Crippen LogP contribution >= 0.6 is 0 Å². The van der Waals surface area contributed by atoms with E-state index in [-0.39, 0.29) is 18.1 Å². The summed E-state index contributed by atoms with van der Waals surface area (Å²) >= 11 is 0. The Hall–Kier alpha value is -1.86. The molecule has 0 radical (unpaired) electrons. The molecule has 2 atom stereocenters. The van der Waals surface area contributed by atoms with E-state index in [0.717, 1.165) is 19.4 Å². The van der Waals surface area contributed by atoms with Gasteiger partial charge in [-0.3, -0.25) is 4.79 Å². The number of rotatable bonds is 3. The number of ether oxygens (including phenoxy) is 1. The van der Waals surface area contributed by atoms with E-state index >= 15 is 0 Å². The Bertz CT molecular complexity index is 473. The Balaban J connectivity index is 2.00. The molecule has 94 valence electrons. The van der Waals surface area contributed by atoms with E-state index in [9.17, 15) is 4.79 Å². The van der Waals surface area contributed by atoms with Crippen molar-refractivity contribution in [3.05, 3.63) is 35.4 Å². The highest BCUT2D eigenvalue weighted by atomic mass is 16.5. The molecule has 0 spiro atoms. The molecule has 1 aromatic carbocycles. The molecule has 1 aliphatic rings. The molecule has 0 unspecified atom stereocenters. The molecule has 0 saturated carbocycles. The summed E-state index contributed by atoms with van der Waals surface area (Å²) in [6.45, 7) is 2.72. The summed E-state index contributed by atoms with van der Waals surface area (Å²) < 4.78 is 5.53. The fraction of sp³-hybridized carbons (Fsp3) is 0.429. The monoisotopic (exact) mass is 244 g/mol. The maximum Gasteiger partial charge on any atom is 0.251 e. The van der Waals surface area contributed by atoms with Crippen LogP contribution in [0.15, 0.2) is 24.3 Å². The predicted molar refractivity (Wildman–Crippen MR) is 67.1 cm³/mol. The fourth-order valence-electron chi connectivity index (χ4n) is 2.11. The van der Waals surface area contributed by atoms with Crippen LogP contribution in [0.4, 0.5) is 0 Å². The minimum atomic E-state index is -0.157. The predicted octanol–water partition coefficient (Wildman–Crippen LogP) is 1.86. The van der Waals surface area contributed by atoms with Crippen molar-refractivity contribution in [3.63, 3.8) is 0 Å². The molecule has 18 heavy (non-hydrogen) atoms. The summed E-state index contributed by atoms with van der Waals surface area (Å²) in [5, 5.41) is 11.7. The van der Waals surface area contributed by atoms with Crippen molar-refractivity contribution in [3.8, 4) is 6.07 Å². The van der Waals surface area contributed by atoms with Crippen molar-refractivity contribution in [1.29, 1.82) is 5.26 Å². The molecule has 1 heterocycles. The lowest BCUT2D eigenvalue weighted by atomic mass is 10.1. The van der Waals surface area contributed by atoms with Gasteiger partial charge >= 0.3 is 0 Å². The largest absolute Gasteiger partial charge is 0.376 e. The van der Waals surface area contributed by atoms with E-state index in [0.29, 0.717) is 11.1 Å². The summed E-state index contributed by atoms with van der Waals surface area (Å²) in [4.78, 5) is 12.0. The molecule has 1 aromatic rings. The number of amides is 1. The Morgan fingerprint density at radius 1 is 1.61 bits per heavy atom. The number of carbonyl (C=O) groups is 1. The van der Waals surface area contributed by atoms with Crippen LogP contribution in [0.1, 0.15) is 35.7 Å². The lowest BCUT2D eigenvalue weighted by molar-refractivity contribution is 0.0712. The van der Waals surface area contributed by atoms with Gasteiger partial charge in [0, 0.05) is 12.2 Å². The standard InChI is InChI=1S/C14H16N2O2/c1-10(13-6-3-7-18-13)16-14(17)12-5-2-4-11(8-12)9-15/h2,4-5,8,10,13H,3,6-7H2,1H3,(H,16,17)/t10-,13+/m0/s1. The first-order chi connectivity index (χ1) is 8.70. The van der Waals surface area contributed by atoms with Crippen LogP contribution in [0.3, 0.4) is 0 Å². The number of nitrogens with one attached hydrogen (secondary N) is 1. The Morgan fingerprint density at radius 2 is 2.44 bits per heavy atom. The van der Waals surface area contributed by atoms with E-state index in [1.807, 2.05) is 13.0 Å². The first kappa shape index (κ1) is 12.6. The normalized spacial score (nSPS) is 20.1. The second kappa shape index (κ2) is 5.65. The van der Waals surface area contributed by atoms with Crippen LogP contribution in [0.5, 0.6) is 0 Å². The summed E-state index contributed by atoms with van der Waals surface area (Å²) in [6.07, 6.45) is 2.14. The molecule has 0 bridgehead atoms. The average molecular weight is 244 g/mol. The van der Waals surface area contributed by atoms with Gasteiger partial charge in [-0.05, 0) is 38.0 Å². The zero-order chi connectivity index (χ0) is 13.0. The van der Waals surface area contributed by atoms with E-state index in [1.165, 1.54) is 0 Å². The molecule has 1 amide bonds. The summed E-state index contributed by atoms with van der Waals surface area (Å²) in [6, 6.07) is 8.71. The fourth-order valence-corrected chi connectivity index (χ4v) is 2.11. The SMILES string of the molecule is C[C@H](NC(=O)c1cccc(C#N)c1)[C@H]1CCCO1. The van der Waals surface area contributed by atoms with E-state index in [4.69, 9.17) is 10.00 Å². The Labute approximate surface area is 107 Å². The second-order valence-electron chi connectivity index (χ2n) is 4.51. The number of hydrogen-bond acceptors (Lipinski definition) is 3. The quantitative estimate of drug-likeness (QED) is 0.882. The molecule has 0 aliphatic carbocycles. The van der Waals surface area contributed by atoms with Crippen LogP contribution in [0.2, 0.25) is 0 Å². The highest BCUT2D eigenvalue weighted by Crippen LogP contribution is 2.15. The third-order valence-corrected chi connectivity index (χ3v) is 3.14. The topological polar surface area (TPSA) is 62.1 Å². The van der Waals surface area contributed by atoms with Crippen molar-refractivity contribution in [2.24, 2.45) is 0 Å². The summed E-state index contributed by atoms with van der Waals surface area (Å²) in [5.41, 5.74) is 1.01. The zero-order valence-corrected chi connectivity index (χ0v) is 10.3. The van der Waals surface area contributed by atoms with E-state index in [1.54, 1.807) is 24.3 Å². The molecule has 1 N–H and O–H groups in total. The van der Waals surface area contributed by atoms with Crippen LogP contribution in [0, 0.1) is 11.3 Å². The van der Waals surface area contributed by atoms with Crippen LogP contribution < -0.4 is 5.32 Å². The molecule has 0 aromatic heterocycles. The zero-order valence-electron chi connectivity index (χ0n) is 10.3. The number of hydrogen-bond donors (Lipinski definition) is 1. The number of benzene rings is 1. The minimum absolute atomic E-state index is 0.00857. The van der Waals surface area contributed by atoms with E-state index < -0.39 is 0 Å². The van der Waals surface area contributed by atoms with Gasteiger partial charge in [0.2, 0.25) is 0 Å². The average Bonchev–Trinajstić information content (AvgIpc) is 2.92. The number of carbonyl (C=O) groups excluding carboxylic acids is 1. The summed E-state index contributed by atoms with van der Waals surface area (Å²) in [7, 11) is 0. The maximum absolute atomic E-state index is 12.0. The van der Waals surface area contributed by atoms with Gasteiger partial charge in [-0.15, -0.1) is 0 Å². The van der Waals surface area contributed by atoms with Crippen LogP contribution in [-0.2, 0) is 4.74 Å². The van der Waals surface area contributed by atoms with Crippen molar-refractivity contribution in [2.45, 2.75) is 31.9 Å². The van der Waals surface area contributed by atoms with Gasteiger partial charge in [-0.25, -0.2) is 0 Å². The Morgan fingerprint density at radius 3 is 3.11 bits per heavy atom. The van der Waals surface area contributed by atoms with Crippen molar-refractivity contribution in [2.75, 3.05) is 6.61 Å². The molecule has 1 fully saturated rings. The highest BCUT2D eigenvalue weighted by Gasteiger charge is 2.23. The molecular formula is C14H16N2O2. The van der Waals surface area contributed by atoms with E-state index in [2.05, 4.69) is 5.32 Å². The van der Waals surface area contributed by atoms with Crippen molar-refractivity contribution >= 4 is 5.91 Å². The van der Waals surface area contributed by atoms with Gasteiger partial charge in [0.05, 0.1) is 23.8 Å². The van der Waals surface area contributed by atoms with Gasteiger partial charge < -0.3 is 10.1 Å². The third kappa shape index (κ3) is 2.88. The second-order valence-corrected chi connectivity index (χ2v) is 4.51. The lowest BCUT2D eigenvalue weighted by Gasteiger charge is -2.20. The third-order valence-electron chi connectivity index (χ3n) is 3.14. The minimum Gasteiger partial charge on any atom is -0.376 e. The number of nitrogens with zero attached hydrogens (tertiary/aromatic N) is 1. The highest BCUT2D eigenvalue weighted by molar-refractivity contribution is 5.94. The lowest BCUT2D eigenvalue weighted by Crippen LogP contribution is -2.40. The van der Waals surface area contributed by atoms with Gasteiger partial charge in [-0.1, -0.05) is 6.07 Å².